The Kier molecular flexibility index (Phi) is 4.12. The van der Waals surface area contributed by atoms with Crippen molar-refractivity contribution >= 4 is 28.9 Å². The maximum Gasteiger partial charge on any atom is 0.126 e. The standard InChI is InChI=1S/C13H9Cl2F2NO/c14-10-4-9(17)5-11(15)13(10)18-6-7-3-8(16)1-2-12(7)19/h1-5,18-19H,6H2. The molecular weight excluding hydrogens is 295 g/mol. The fraction of sp³-hybridized carbons (Fsp3) is 0.0769. The molecule has 19 heavy (non-hydrogen) atoms. The molecule has 0 atom stereocenters. The number of anilines is 1. The molecule has 0 aliphatic heterocycles. The lowest BCUT2D eigenvalue weighted by atomic mass is 10.2. The third-order valence-corrected chi connectivity index (χ3v) is 3.10. The molecule has 0 spiro atoms. The highest BCUT2D eigenvalue weighted by Gasteiger charge is 2.09. The highest BCUT2D eigenvalue weighted by Crippen LogP contribution is 2.32. The predicted octanol–water partition coefficient (Wildman–Crippen LogP) is 4.59. The second-order valence-corrected chi connectivity index (χ2v) is 4.69. The van der Waals surface area contributed by atoms with Crippen LogP contribution in [-0.2, 0) is 6.54 Å². The normalized spacial score (nSPS) is 10.5. The lowest BCUT2D eigenvalue weighted by Crippen LogP contribution is -2.02. The molecule has 0 aliphatic carbocycles. The van der Waals surface area contributed by atoms with E-state index in [1.165, 1.54) is 12.1 Å². The van der Waals surface area contributed by atoms with E-state index >= 15 is 0 Å². The zero-order valence-electron chi connectivity index (χ0n) is 9.55. The maximum absolute atomic E-state index is 13.0. The molecule has 2 nitrogen and oxygen atoms in total. The van der Waals surface area contributed by atoms with Gasteiger partial charge < -0.3 is 10.4 Å². The molecule has 2 N–H and O–H groups in total. The number of rotatable bonds is 3. The fourth-order valence-electron chi connectivity index (χ4n) is 1.59. The summed E-state index contributed by atoms with van der Waals surface area (Å²) < 4.78 is 26.0. The number of hydrogen-bond donors (Lipinski definition) is 2. The number of hydrogen-bond acceptors (Lipinski definition) is 2. The van der Waals surface area contributed by atoms with Crippen molar-refractivity contribution in [1.29, 1.82) is 0 Å². The van der Waals surface area contributed by atoms with E-state index in [0.717, 1.165) is 18.2 Å². The predicted molar refractivity (Wildman–Crippen MR) is 71.8 cm³/mol. The van der Waals surface area contributed by atoms with Crippen LogP contribution < -0.4 is 5.32 Å². The summed E-state index contributed by atoms with van der Waals surface area (Å²) in [6.45, 7) is 0.106. The minimum Gasteiger partial charge on any atom is -0.508 e. The summed E-state index contributed by atoms with van der Waals surface area (Å²) in [4.78, 5) is 0. The van der Waals surface area contributed by atoms with Gasteiger partial charge in [-0.1, -0.05) is 23.2 Å². The van der Waals surface area contributed by atoms with Crippen LogP contribution in [0.15, 0.2) is 30.3 Å². The summed E-state index contributed by atoms with van der Waals surface area (Å²) in [5.74, 6) is -1.07. The molecule has 0 saturated carbocycles. The van der Waals surface area contributed by atoms with Gasteiger partial charge in [0.15, 0.2) is 0 Å². The van der Waals surface area contributed by atoms with Crippen LogP contribution in [0.4, 0.5) is 14.5 Å². The van der Waals surface area contributed by atoms with E-state index in [-0.39, 0.29) is 22.3 Å². The van der Waals surface area contributed by atoms with Crippen molar-refractivity contribution in [3.8, 4) is 5.75 Å². The van der Waals surface area contributed by atoms with Crippen LogP contribution in [0, 0.1) is 11.6 Å². The summed E-state index contributed by atoms with van der Waals surface area (Å²) in [6, 6.07) is 5.81. The van der Waals surface area contributed by atoms with Gasteiger partial charge in [0, 0.05) is 12.1 Å². The van der Waals surface area contributed by atoms with Crippen LogP contribution in [-0.4, -0.2) is 5.11 Å². The number of halogens is 4. The van der Waals surface area contributed by atoms with Gasteiger partial charge in [-0.3, -0.25) is 0 Å². The summed E-state index contributed by atoms with van der Waals surface area (Å²) >= 11 is 11.7. The fourth-order valence-corrected chi connectivity index (χ4v) is 2.18. The molecule has 0 heterocycles. The highest BCUT2D eigenvalue weighted by atomic mass is 35.5. The van der Waals surface area contributed by atoms with Gasteiger partial charge in [0.2, 0.25) is 0 Å². The third kappa shape index (κ3) is 3.28. The largest absolute Gasteiger partial charge is 0.508 e. The molecule has 6 heteroatoms. The van der Waals surface area contributed by atoms with Gasteiger partial charge in [0.25, 0.3) is 0 Å². The first-order valence-electron chi connectivity index (χ1n) is 5.33. The van der Waals surface area contributed by atoms with E-state index < -0.39 is 11.6 Å². The smallest absolute Gasteiger partial charge is 0.126 e. The van der Waals surface area contributed by atoms with Crippen molar-refractivity contribution in [2.45, 2.75) is 6.54 Å². The summed E-state index contributed by atoms with van der Waals surface area (Å²) in [5.41, 5.74) is 0.671. The van der Waals surface area contributed by atoms with Crippen molar-refractivity contribution in [1.82, 2.24) is 0 Å². The Morgan fingerprint density at radius 3 is 2.26 bits per heavy atom. The van der Waals surface area contributed by atoms with E-state index in [1.54, 1.807) is 0 Å². The van der Waals surface area contributed by atoms with Crippen molar-refractivity contribution in [2.24, 2.45) is 0 Å². The van der Waals surface area contributed by atoms with Crippen LogP contribution in [0.2, 0.25) is 10.0 Å². The summed E-state index contributed by atoms with van der Waals surface area (Å²) in [6.07, 6.45) is 0. The van der Waals surface area contributed by atoms with E-state index in [9.17, 15) is 13.9 Å². The first-order valence-corrected chi connectivity index (χ1v) is 6.09. The molecule has 0 radical (unpaired) electrons. The zero-order chi connectivity index (χ0) is 14.0. The van der Waals surface area contributed by atoms with Crippen LogP contribution in [0.5, 0.6) is 5.75 Å². The maximum atomic E-state index is 13.0. The van der Waals surface area contributed by atoms with Crippen molar-refractivity contribution in [2.75, 3.05) is 5.32 Å². The minimum absolute atomic E-state index is 0.0525. The second kappa shape index (κ2) is 5.63. The summed E-state index contributed by atoms with van der Waals surface area (Å²) in [5, 5.41) is 12.6. The molecule has 0 saturated heterocycles. The van der Waals surface area contributed by atoms with Gasteiger partial charge in [-0.2, -0.15) is 0 Å². The molecule has 0 aliphatic rings. The average Bonchev–Trinajstić information content (AvgIpc) is 2.32. The van der Waals surface area contributed by atoms with E-state index in [1.807, 2.05) is 0 Å². The highest BCUT2D eigenvalue weighted by molar-refractivity contribution is 6.39. The Balaban J connectivity index is 2.21. The molecule has 2 aromatic carbocycles. The molecular formula is C13H9Cl2F2NO. The number of phenolic OH excluding ortho intramolecular Hbond substituents is 1. The first kappa shape index (κ1) is 13.9. The summed E-state index contributed by atoms with van der Waals surface area (Å²) in [7, 11) is 0. The Morgan fingerprint density at radius 1 is 1.00 bits per heavy atom. The Morgan fingerprint density at radius 2 is 1.63 bits per heavy atom. The number of aromatic hydroxyl groups is 1. The van der Waals surface area contributed by atoms with Gasteiger partial charge >= 0.3 is 0 Å². The minimum atomic E-state index is -0.547. The molecule has 0 aromatic heterocycles. The Hall–Kier alpha value is -1.52. The molecule has 0 fully saturated rings. The van der Waals surface area contributed by atoms with E-state index in [0.29, 0.717) is 11.3 Å². The van der Waals surface area contributed by atoms with Crippen LogP contribution in [0.1, 0.15) is 5.56 Å². The first-order chi connectivity index (χ1) is 8.97. The molecule has 0 amide bonds. The molecule has 0 unspecified atom stereocenters. The SMILES string of the molecule is Oc1ccc(F)cc1CNc1c(Cl)cc(F)cc1Cl. The van der Waals surface area contributed by atoms with Crippen molar-refractivity contribution in [3.63, 3.8) is 0 Å². The van der Waals surface area contributed by atoms with Gasteiger partial charge in [-0.05, 0) is 30.3 Å². The van der Waals surface area contributed by atoms with Gasteiger partial charge in [0.1, 0.15) is 17.4 Å². The van der Waals surface area contributed by atoms with E-state index in [2.05, 4.69) is 5.32 Å². The van der Waals surface area contributed by atoms with Gasteiger partial charge in [-0.25, -0.2) is 8.78 Å². The van der Waals surface area contributed by atoms with Gasteiger partial charge in [0.05, 0.1) is 15.7 Å². The van der Waals surface area contributed by atoms with Gasteiger partial charge in [-0.15, -0.1) is 0 Å². The molecule has 2 aromatic rings. The molecule has 100 valence electrons. The topological polar surface area (TPSA) is 32.3 Å². The monoisotopic (exact) mass is 303 g/mol. The molecule has 0 bridgehead atoms. The Bertz CT molecular complexity index is 597. The average molecular weight is 304 g/mol. The number of phenols is 1. The number of nitrogens with one attached hydrogen (secondary N) is 1. The van der Waals surface area contributed by atoms with Crippen LogP contribution in [0.3, 0.4) is 0 Å². The Labute approximate surface area is 118 Å². The zero-order valence-corrected chi connectivity index (χ0v) is 11.1. The van der Waals surface area contributed by atoms with Crippen LogP contribution in [0.25, 0.3) is 0 Å². The van der Waals surface area contributed by atoms with Crippen LogP contribution >= 0.6 is 23.2 Å². The second-order valence-electron chi connectivity index (χ2n) is 3.87. The lowest BCUT2D eigenvalue weighted by Gasteiger charge is -2.11. The van der Waals surface area contributed by atoms with Crippen molar-refractivity contribution in [3.05, 3.63) is 57.6 Å². The number of benzene rings is 2. The quantitative estimate of drug-likeness (QED) is 0.869. The van der Waals surface area contributed by atoms with Crippen molar-refractivity contribution < 1.29 is 13.9 Å². The third-order valence-electron chi connectivity index (χ3n) is 2.50. The molecule has 2 rings (SSSR count). The van der Waals surface area contributed by atoms with E-state index in [4.69, 9.17) is 23.2 Å². The lowest BCUT2D eigenvalue weighted by molar-refractivity contribution is 0.466.